The SMILES string of the molecule is CC(=O)N[C@H]1CCCC[C@@H]1Nc1nc(-c2ccccc2)nc2[nH]c(C)c(C)c12. The van der Waals surface area contributed by atoms with E-state index in [1.54, 1.807) is 6.92 Å². The number of H-pyrrole nitrogens is 1. The molecule has 1 saturated carbocycles. The van der Waals surface area contributed by atoms with Crippen molar-refractivity contribution in [1.29, 1.82) is 0 Å². The van der Waals surface area contributed by atoms with E-state index in [0.29, 0.717) is 5.82 Å². The predicted octanol–water partition coefficient (Wildman–Crippen LogP) is 4.10. The first-order valence-electron chi connectivity index (χ1n) is 9.99. The number of nitrogens with zero attached hydrogens (tertiary/aromatic N) is 2. The van der Waals surface area contributed by atoms with Crippen LogP contribution in [0, 0.1) is 13.8 Å². The summed E-state index contributed by atoms with van der Waals surface area (Å²) < 4.78 is 0. The summed E-state index contributed by atoms with van der Waals surface area (Å²) in [5, 5.41) is 7.80. The Kier molecular flexibility index (Phi) is 5.03. The Balaban J connectivity index is 1.77. The van der Waals surface area contributed by atoms with E-state index in [4.69, 9.17) is 9.97 Å². The summed E-state index contributed by atoms with van der Waals surface area (Å²) in [7, 11) is 0. The Hall–Kier alpha value is -2.89. The van der Waals surface area contributed by atoms with E-state index in [0.717, 1.165) is 59.4 Å². The van der Waals surface area contributed by atoms with Crippen LogP contribution in [0.15, 0.2) is 30.3 Å². The van der Waals surface area contributed by atoms with Gasteiger partial charge in [-0.05, 0) is 32.3 Å². The molecular formula is C22H27N5O. The highest BCUT2D eigenvalue weighted by Crippen LogP contribution is 2.31. The van der Waals surface area contributed by atoms with Gasteiger partial charge >= 0.3 is 0 Å². The number of hydrogen-bond donors (Lipinski definition) is 3. The molecule has 1 amide bonds. The van der Waals surface area contributed by atoms with E-state index in [1.807, 2.05) is 30.3 Å². The van der Waals surface area contributed by atoms with Crippen molar-refractivity contribution >= 4 is 22.8 Å². The third-order valence-corrected chi connectivity index (χ3v) is 5.66. The number of aromatic amines is 1. The number of benzene rings is 1. The standard InChI is InChI=1S/C22H27N5O/c1-13-14(2)23-21-19(13)22(27-20(26-21)16-9-5-4-6-10-16)25-18-12-8-7-11-17(18)24-15(3)28/h4-6,9-10,17-18H,7-8,11-12H2,1-3H3,(H,24,28)(H2,23,25,26,27)/t17-,18-/m0/s1. The number of aryl methyl sites for hydroxylation is 2. The summed E-state index contributed by atoms with van der Waals surface area (Å²) in [4.78, 5) is 24.7. The normalized spacial score (nSPS) is 19.5. The molecule has 2 atom stereocenters. The quantitative estimate of drug-likeness (QED) is 0.639. The van der Waals surface area contributed by atoms with E-state index in [2.05, 4.69) is 29.5 Å². The molecule has 0 radical (unpaired) electrons. The van der Waals surface area contributed by atoms with E-state index in [9.17, 15) is 4.79 Å². The molecule has 28 heavy (non-hydrogen) atoms. The first-order valence-corrected chi connectivity index (χ1v) is 9.99. The van der Waals surface area contributed by atoms with E-state index in [1.165, 1.54) is 0 Å². The molecule has 0 saturated heterocycles. The second-order valence-corrected chi connectivity index (χ2v) is 7.70. The van der Waals surface area contributed by atoms with E-state index >= 15 is 0 Å². The van der Waals surface area contributed by atoms with Crippen LogP contribution in [0.3, 0.4) is 0 Å². The molecule has 6 heteroatoms. The predicted molar refractivity (Wildman–Crippen MR) is 112 cm³/mol. The molecule has 1 aliphatic rings. The average molecular weight is 377 g/mol. The lowest BCUT2D eigenvalue weighted by Gasteiger charge is -2.33. The Morgan fingerprint density at radius 3 is 2.50 bits per heavy atom. The summed E-state index contributed by atoms with van der Waals surface area (Å²) in [5.74, 6) is 1.56. The van der Waals surface area contributed by atoms with Crippen molar-refractivity contribution in [2.45, 2.75) is 58.5 Å². The van der Waals surface area contributed by atoms with Crippen LogP contribution < -0.4 is 10.6 Å². The van der Waals surface area contributed by atoms with Gasteiger partial charge in [0.2, 0.25) is 5.91 Å². The van der Waals surface area contributed by atoms with Gasteiger partial charge in [-0.2, -0.15) is 0 Å². The zero-order valence-corrected chi connectivity index (χ0v) is 16.7. The highest BCUT2D eigenvalue weighted by molar-refractivity contribution is 5.93. The Labute approximate surface area is 165 Å². The fourth-order valence-corrected chi connectivity index (χ4v) is 4.10. The number of aromatic nitrogens is 3. The molecule has 1 aromatic carbocycles. The zero-order valence-electron chi connectivity index (χ0n) is 16.7. The summed E-state index contributed by atoms with van der Waals surface area (Å²) in [6, 6.07) is 10.3. The second kappa shape index (κ2) is 7.62. The summed E-state index contributed by atoms with van der Waals surface area (Å²) >= 11 is 0. The Morgan fingerprint density at radius 1 is 1.07 bits per heavy atom. The Morgan fingerprint density at radius 2 is 1.79 bits per heavy atom. The van der Waals surface area contributed by atoms with Gasteiger partial charge in [0.1, 0.15) is 11.5 Å². The van der Waals surface area contributed by atoms with Gasteiger partial charge in [-0.25, -0.2) is 9.97 Å². The van der Waals surface area contributed by atoms with Gasteiger partial charge in [0.25, 0.3) is 0 Å². The van der Waals surface area contributed by atoms with Gasteiger partial charge in [-0.1, -0.05) is 43.2 Å². The lowest BCUT2D eigenvalue weighted by atomic mass is 9.90. The zero-order chi connectivity index (χ0) is 19.7. The molecule has 3 aromatic rings. The molecule has 0 bridgehead atoms. The van der Waals surface area contributed by atoms with Crippen molar-refractivity contribution in [3.63, 3.8) is 0 Å². The molecule has 6 nitrogen and oxygen atoms in total. The van der Waals surface area contributed by atoms with Crippen molar-refractivity contribution < 1.29 is 4.79 Å². The molecule has 0 unspecified atom stereocenters. The summed E-state index contributed by atoms with van der Waals surface area (Å²) in [6.45, 7) is 5.74. The minimum absolute atomic E-state index is 0.0187. The van der Waals surface area contributed by atoms with Crippen LogP contribution in [0.1, 0.15) is 43.9 Å². The number of carbonyl (C=O) groups is 1. The smallest absolute Gasteiger partial charge is 0.217 e. The number of anilines is 1. The maximum atomic E-state index is 11.6. The average Bonchev–Trinajstić information content (AvgIpc) is 2.98. The number of rotatable bonds is 4. The van der Waals surface area contributed by atoms with Crippen LogP contribution in [0.25, 0.3) is 22.4 Å². The second-order valence-electron chi connectivity index (χ2n) is 7.70. The van der Waals surface area contributed by atoms with Gasteiger partial charge in [-0.15, -0.1) is 0 Å². The number of fused-ring (bicyclic) bond motifs is 1. The van der Waals surface area contributed by atoms with Gasteiger partial charge in [0.15, 0.2) is 5.82 Å². The number of amides is 1. The number of nitrogens with one attached hydrogen (secondary N) is 3. The maximum Gasteiger partial charge on any atom is 0.217 e. The van der Waals surface area contributed by atoms with Crippen molar-refractivity contribution in [3.05, 3.63) is 41.6 Å². The topological polar surface area (TPSA) is 82.7 Å². The van der Waals surface area contributed by atoms with Crippen molar-refractivity contribution in [1.82, 2.24) is 20.3 Å². The Bertz CT molecular complexity index is 995. The fraction of sp³-hybridized carbons (Fsp3) is 0.409. The van der Waals surface area contributed by atoms with Crippen LogP contribution >= 0.6 is 0 Å². The lowest BCUT2D eigenvalue weighted by molar-refractivity contribution is -0.119. The highest BCUT2D eigenvalue weighted by Gasteiger charge is 2.27. The molecule has 1 fully saturated rings. The van der Waals surface area contributed by atoms with Crippen molar-refractivity contribution in [3.8, 4) is 11.4 Å². The number of carbonyl (C=O) groups excluding carboxylic acids is 1. The summed E-state index contributed by atoms with van der Waals surface area (Å²) in [6.07, 6.45) is 4.29. The van der Waals surface area contributed by atoms with Crippen LogP contribution in [-0.4, -0.2) is 32.9 Å². The van der Waals surface area contributed by atoms with Crippen LogP contribution in [-0.2, 0) is 4.79 Å². The molecule has 0 aliphatic heterocycles. The molecular weight excluding hydrogens is 350 g/mol. The van der Waals surface area contributed by atoms with Crippen LogP contribution in [0.4, 0.5) is 5.82 Å². The van der Waals surface area contributed by atoms with Crippen LogP contribution in [0.2, 0.25) is 0 Å². The van der Waals surface area contributed by atoms with E-state index < -0.39 is 0 Å². The highest BCUT2D eigenvalue weighted by atomic mass is 16.1. The molecule has 4 rings (SSSR count). The molecule has 3 N–H and O–H groups in total. The third kappa shape index (κ3) is 3.59. The number of hydrogen-bond acceptors (Lipinski definition) is 4. The van der Waals surface area contributed by atoms with E-state index in [-0.39, 0.29) is 18.0 Å². The van der Waals surface area contributed by atoms with Gasteiger partial charge < -0.3 is 15.6 Å². The van der Waals surface area contributed by atoms with Gasteiger partial charge in [0, 0.05) is 30.3 Å². The fourth-order valence-electron chi connectivity index (χ4n) is 4.10. The van der Waals surface area contributed by atoms with Gasteiger partial charge in [-0.3, -0.25) is 4.79 Å². The lowest BCUT2D eigenvalue weighted by Crippen LogP contribution is -2.48. The van der Waals surface area contributed by atoms with Gasteiger partial charge in [0.05, 0.1) is 5.39 Å². The minimum atomic E-state index is 0.0187. The first-order chi connectivity index (χ1) is 13.5. The largest absolute Gasteiger partial charge is 0.365 e. The molecule has 2 heterocycles. The molecule has 0 spiro atoms. The van der Waals surface area contributed by atoms with Crippen molar-refractivity contribution in [2.24, 2.45) is 0 Å². The molecule has 146 valence electrons. The molecule has 2 aromatic heterocycles. The summed E-state index contributed by atoms with van der Waals surface area (Å²) in [5.41, 5.74) is 4.08. The monoisotopic (exact) mass is 377 g/mol. The molecule has 1 aliphatic carbocycles. The first kappa shape index (κ1) is 18.5. The maximum absolute atomic E-state index is 11.6. The van der Waals surface area contributed by atoms with Crippen molar-refractivity contribution in [2.75, 3.05) is 5.32 Å². The third-order valence-electron chi connectivity index (χ3n) is 5.66. The minimum Gasteiger partial charge on any atom is -0.365 e. The van der Waals surface area contributed by atoms with Crippen LogP contribution in [0.5, 0.6) is 0 Å².